The first kappa shape index (κ1) is 13.1. The average molecular weight is 278 g/mol. The van der Waals surface area contributed by atoms with E-state index in [0.717, 1.165) is 5.69 Å². The zero-order chi connectivity index (χ0) is 14.5. The lowest BCUT2D eigenvalue weighted by atomic mass is 10.2. The molecule has 0 saturated carbocycles. The molecule has 0 aliphatic rings. The van der Waals surface area contributed by atoms with E-state index in [1.54, 1.807) is 23.0 Å². The SMILES string of the molecule is O=C(NCc1cn(-c2ccccc2)nn1)c1ccccc1. The fourth-order valence-electron chi connectivity index (χ4n) is 1.95. The molecule has 0 aliphatic carbocycles. The van der Waals surface area contributed by atoms with Crippen molar-refractivity contribution in [3.05, 3.63) is 78.1 Å². The minimum atomic E-state index is -0.120. The van der Waals surface area contributed by atoms with Crippen molar-refractivity contribution in [1.29, 1.82) is 0 Å². The van der Waals surface area contributed by atoms with Crippen LogP contribution < -0.4 is 5.32 Å². The molecule has 0 fully saturated rings. The third kappa shape index (κ3) is 3.14. The van der Waals surface area contributed by atoms with Gasteiger partial charge in [-0.25, -0.2) is 4.68 Å². The largest absolute Gasteiger partial charge is 0.346 e. The number of hydrogen-bond donors (Lipinski definition) is 1. The van der Waals surface area contributed by atoms with E-state index in [4.69, 9.17) is 0 Å². The zero-order valence-corrected chi connectivity index (χ0v) is 11.3. The highest BCUT2D eigenvalue weighted by Crippen LogP contribution is 2.06. The van der Waals surface area contributed by atoms with Crippen LogP contribution in [-0.2, 0) is 6.54 Å². The second-order valence-electron chi connectivity index (χ2n) is 4.54. The molecule has 1 amide bonds. The molecule has 0 bridgehead atoms. The Balaban J connectivity index is 1.64. The molecule has 0 unspecified atom stereocenters. The van der Waals surface area contributed by atoms with Crippen LogP contribution in [0.4, 0.5) is 0 Å². The highest BCUT2D eigenvalue weighted by molar-refractivity contribution is 5.93. The molecule has 5 nitrogen and oxygen atoms in total. The number of benzene rings is 2. The summed E-state index contributed by atoms with van der Waals surface area (Å²) in [6, 6.07) is 18.8. The molecule has 1 N–H and O–H groups in total. The standard InChI is InChI=1S/C16H14N4O/c21-16(13-7-3-1-4-8-13)17-11-14-12-20(19-18-14)15-9-5-2-6-10-15/h1-10,12H,11H2,(H,17,21). The van der Waals surface area contributed by atoms with Gasteiger partial charge in [-0.2, -0.15) is 0 Å². The lowest BCUT2D eigenvalue weighted by Gasteiger charge is -2.02. The molecule has 0 saturated heterocycles. The van der Waals surface area contributed by atoms with E-state index in [1.165, 1.54) is 0 Å². The van der Waals surface area contributed by atoms with Crippen LogP contribution >= 0.6 is 0 Å². The monoisotopic (exact) mass is 278 g/mol. The minimum absolute atomic E-state index is 0.120. The van der Waals surface area contributed by atoms with Gasteiger partial charge >= 0.3 is 0 Å². The predicted molar refractivity (Wildman–Crippen MR) is 79.0 cm³/mol. The van der Waals surface area contributed by atoms with E-state index in [0.29, 0.717) is 17.8 Å². The summed E-state index contributed by atoms with van der Waals surface area (Å²) in [6.45, 7) is 0.348. The van der Waals surface area contributed by atoms with Crippen LogP contribution in [0.5, 0.6) is 0 Å². The molecular weight excluding hydrogens is 264 g/mol. The third-order valence-corrected chi connectivity index (χ3v) is 3.03. The smallest absolute Gasteiger partial charge is 0.251 e. The van der Waals surface area contributed by atoms with Gasteiger partial charge in [0.1, 0.15) is 5.69 Å². The first-order valence-electron chi connectivity index (χ1n) is 6.63. The number of nitrogens with one attached hydrogen (secondary N) is 1. The Hall–Kier alpha value is -2.95. The van der Waals surface area contributed by atoms with E-state index in [9.17, 15) is 4.79 Å². The van der Waals surface area contributed by atoms with Crippen molar-refractivity contribution >= 4 is 5.91 Å². The molecule has 21 heavy (non-hydrogen) atoms. The van der Waals surface area contributed by atoms with Gasteiger partial charge in [-0.1, -0.05) is 41.6 Å². The summed E-state index contributed by atoms with van der Waals surface area (Å²) < 4.78 is 1.68. The van der Waals surface area contributed by atoms with Crippen LogP contribution in [0, 0.1) is 0 Å². The van der Waals surface area contributed by atoms with E-state index < -0.39 is 0 Å². The van der Waals surface area contributed by atoms with Crippen molar-refractivity contribution < 1.29 is 4.79 Å². The molecular formula is C16H14N4O. The molecule has 1 heterocycles. The molecule has 3 rings (SSSR count). The Morgan fingerprint density at radius 1 is 1.00 bits per heavy atom. The maximum atomic E-state index is 11.9. The van der Waals surface area contributed by atoms with Gasteiger partial charge in [-0.05, 0) is 24.3 Å². The quantitative estimate of drug-likeness (QED) is 0.796. The normalized spacial score (nSPS) is 10.3. The summed E-state index contributed by atoms with van der Waals surface area (Å²) in [5.41, 5.74) is 2.28. The second-order valence-corrected chi connectivity index (χ2v) is 4.54. The fraction of sp³-hybridized carbons (Fsp3) is 0.0625. The number of aromatic nitrogens is 3. The Morgan fingerprint density at radius 3 is 2.38 bits per heavy atom. The van der Waals surface area contributed by atoms with Crippen molar-refractivity contribution in [2.45, 2.75) is 6.54 Å². The highest BCUT2D eigenvalue weighted by atomic mass is 16.1. The summed E-state index contributed by atoms with van der Waals surface area (Å²) in [5.74, 6) is -0.120. The van der Waals surface area contributed by atoms with Gasteiger partial charge in [0, 0.05) is 5.56 Å². The molecule has 1 aromatic heterocycles. The Morgan fingerprint density at radius 2 is 1.67 bits per heavy atom. The van der Waals surface area contributed by atoms with E-state index in [2.05, 4.69) is 15.6 Å². The summed E-state index contributed by atoms with van der Waals surface area (Å²) in [4.78, 5) is 11.9. The number of hydrogen-bond acceptors (Lipinski definition) is 3. The molecule has 0 aliphatic heterocycles. The van der Waals surface area contributed by atoms with Crippen molar-refractivity contribution in [2.75, 3.05) is 0 Å². The van der Waals surface area contributed by atoms with Crippen LogP contribution in [0.25, 0.3) is 5.69 Å². The van der Waals surface area contributed by atoms with Gasteiger partial charge < -0.3 is 5.32 Å². The third-order valence-electron chi connectivity index (χ3n) is 3.03. The summed E-state index contributed by atoms with van der Waals surface area (Å²) in [7, 11) is 0. The zero-order valence-electron chi connectivity index (χ0n) is 11.3. The highest BCUT2D eigenvalue weighted by Gasteiger charge is 2.06. The molecule has 0 radical (unpaired) electrons. The van der Waals surface area contributed by atoms with Gasteiger partial charge in [0.25, 0.3) is 5.91 Å². The fourth-order valence-corrected chi connectivity index (χ4v) is 1.95. The van der Waals surface area contributed by atoms with Crippen molar-refractivity contribution in [2.24, 2.45) is 0 Å². The predicted octanol–water partition coefficient (Wildman–Crippen LogP) is 2.20. The van der Waals surface area contributed by atoms with Gasteiger partial charge in [-0.3, -0.25) is 4.79 Å². The van der Waals surface area contributed by atoms with Crippen molar-refractivity contribution in [1.82, 2.24) is 20.3 Å². The number of nitrogens with zero attached hydrogens (tertiary/aromatic N) is 3. The maximum absolute atomic E-state index is 11.9. The maximum Gasteiger partial charge on any atom is 0.251 e. The molecule has 0 atom stereocenters. The van der Waals surface area contributed by atoms with E-state index in [1.807, 2.05) is 48.5 Å². The number of amides is 1. The molecule has 104 valence electrons. The van der Waals surface area contributed by atoms with Crippen LogP contribution in [0.1, 0.15) is 16.1 Å². The summed E-state index contributed by atoms with van der Waals surface area (Å²) >= 11 is 0. The first-order valence-corrected chi connectivity index (χ1v) is 6.63. The van der Waals surface area contributed by atoms with Gasteiger partial charge in [-0.15, -0.1) is 5.10 Å². The lowest BCUT2D eigenvalue weighted by Crippen LogP contribution is -2.22. The van der Waals surface area contributed by atoms with E-state index >= 15 is 0 Å². The van der Waals surface area contributed by atoms with E-state index in [-0.39, 0.29) is 5.91 Å². The van der Waals surface area contributed by atoms with Crippen LogP contribution in [0.2, 0.25) is 0 Å². The Labute approximate surface area is 122 Å². The van der Waals surface area contributed by atoms with Crippen LogP contribution in [0.3, 0.4) is 0 Å². The summed E-state index contributed by atoms with van der Waals surface area (Å²) in [5, 5.41) is 10.9. The molecule has 2 aromatic carbocycles. The van der Waals surface area contributed by atoms with Gasteiger partial charge in [0.2, 0.25) is 0 Å². The Kier molecular flexibility index (Phi) is 3.73. The number of carbonyl (C=O) groups is 1. The number of rotatable bonds is 4. The molecule has 3 aromatic rings. The average Bonchev–Trinajstić information content (AvgIpc) is 3.03. The van der Waals surface area contributed by atoms with Crippen LogP contribution in [-0.4, -0.2) is 20.9 Å². The van der Waals surface area contributed by atoms with Gasteiger partial charge in [0.15, 0.2) is 0 Å². The second kappa shape index (κ2) is 6.00. The summed E-state index contributed by atoms with van der Waals surface area (Å²) in [6.07, 6.45) is 1.81. The van der Waals surface area contributed by atoms with Crippen molar-refractivity contribution in [3.8, 4) is 5.69 Å². The number of carbonyl (C=O) groups excluding carboxylic acids is 1. The lowest BCUT2D eigenvalue weighted by molar-refractivity contribution is 0.0950. The minimum Gasteiger partial charge on any atom is -0.346 e. The molecule has 0 spiro atoms. The Bertz CT molecular complexity index is 722. The van der Waals surface area contributed by atoms with Crippen LogP contribution in [0.15, 0.2) is 66.9 Å². The van der Waals surface area contributed by atoms with Crippen molar-refractivity contribution in [3.63, 3.8) is 0 Å². The first-order chi connectivity index (χ1) is 10.3. The number of para-hydroxylation sites is 1. The molecule has 5 heteroatoms. The topological polar surface area (TPSA) is 59.8 Å². The van der Waals surface area contributed by atoms with Gasteiger partial charge in [0.05, 0.1) is 18.4 Å².